The molecule has 0 aromatic heterocycles. The molecule has 0 aromatic rings. The summed E-state index contributed by atoms with van der Waals surface area (Å²) in [7, 11) is -1.07. The van der Waals surface area contributed by atoms with Gasteiger partial charge in [-0.05, 0) is 13.1 Å². The standard InChI is InChI=1S/C7H20O2Si2/c1-8-11(5,6)9-7-10(2,3)4/h7H2,1-6H3. The summed E-state index contributed by atoms with van der Waals surface area (Å²) in [6.45, 7) is 11.0. The van der Waals surface area contributed by atoms with Crippen LogP contribution >= 0.6 is 0 Å². The Balaban J connectivity index is 3.70. The van der Waals surface area contributed by atoms with Gasteiger partial charge in [0, 0.05) is 13.3 Å². The zero-order chi connectivity index (χ0) is 9.12. The Kier molecular flexibility index (Phi) is 3.97. The molecular weight excluding hydrogens is 172 g/mol. The van der Waals surface area contributed by atoms with Crippen LogP contribution in [0.4, 0.5) is 0 Å². The SMILES string of the molecule is CO[Si](C)(C)OC[Si](C)(C)C. The highest BCUT2D eigenvalue weighted by atomic mass is 28.4. The van der Waals surface area contributed by atoms with Gasteiger partial charge in [0.2, 0.25) is 0 Å². The maximum atomic E-state index is 5.72. The lowest BCUT2D eigenvalue weighted by Crippen LogP contribution is -2.40. The van der Waals surface area contributed by atoms with Crippen LogP contribution < -0.4 is 0 Å². The third-order valence-corrected chi connectivity index (χ3v) is 4.47. The molecule has 4 heteroatoms. The Morgan fingerprint density at radius 3 is 1.73 bits per heavy atom. The van der Waals surface area contributed by atoms with Gasteiger partial charge in [0.25, 0.3) is 0 Å². The second kappa shape index (κ2) is 3.84. The lowest BCUT2D eigenvalue weighted by molar-refractivity contribution is 0.241. The van der Waals surface area contributed by atoms with Crippen LogP contribution in [-0.2, 0) is 8.85 Å². The Hall–Kier alpha value is 0.354. The molecular formula is C7H20O2Si2. The van der Waals surface area contributed by atoms with E-state index in [1.165, 1.54) is 0 Å². The average molecular weight is 192 g/mol. The average Bonchev–Trinajstić information content (AvgIpc) is 1.83. The predicted molar refractivity (Wildman–Crippen MR) is 53.8 cm³/mol. The minimum absolute atomic E-state index is 0.917. The predicted octanol–water partition coefficient (Wildman–Crippen LogP) is 2.23. The molecule has 0 aliphatic rings. The first-order valence-electron chi connectivity index (χ1n) is 3.96. The second-order valence-electron chi connectivity index (χ2n) is 4.45. The van der Waals surface area contributed by atoms with Gasteiger partial charge in [-0.1, -0.05) is 19.6 Å². The van der Waals surface area contributed by atoms with E-state index in [1.54, 1.807) is 7.11 Å². The summed E-state index contributed by atoms with van der Waals surface area (Å²) in [5.74, 6) is 0. The first-order chi connectivity index (χ1) is 4.77. The van der Waals surface area contributed by atoms with E-state index >= 15 is 0 Å². The summed E-state index contributed by atoms with van der Waals surface area (Å²) >= 11 is 0. The monoisotopic (exact) mass is 192 g/mol. The van der Waals surface area contributed by atoms with Crippen LogP contribution in [0.5, 0.6) is 0 Å². The third-order valence-electron chi connectivity index (χ3n) is 1.34. The Bertz CT molecular complexity index is 118. The lowest BCUT2D eigenvalue weighted by atomic mass is 11.7. The molecule has 0 bridgehead atoms. The van der Waals surface area contributed by atoms with Crippen molar-refractivity contribution in [2.75, 3.05) is 13.3 Å². The molecule has 0 aromatic carbocycles. The molecule has 0 saturated heterocycles. The molecule has 0 amide bonds. The molecule has 11 heavy (non-hydrogen) atoms. The van der Waals surface area contributed by atoms with Gasteiger partial charge in [-0.2, -0.15) is 0 Å². The van der Waals surface area contributed by atoms with E-state index < -0.39 is 16.6 Å². The third kappa shape index (κ3) is 6.74. The summed E-state index contributed by atoms with van der Waals surface area (Å²) in [6.07, 6.45) is 0.917. The molecule has 0 aliphatic heterocycles. The number of rotatable bonds is 4. The Morgan fingerprint density at radius 1 is 1.00 bits per heavy atom. The molecule has 0 saturated carbocycles. The molecule has 68 valence electrons. The topological polar surface area (TPSA) is 18.5 Å². The van der Waals surface area contributed by atoms with Crippen molar-refractivity contribution >= 4 is 16.6 Å². The van der Waals surface area contributed by atoms with Crippen LogP contribution in [0.15, 0.2) is 0 Å². The summed E-state index contributed by atoms with van der Waals surface area (Å²) in [5, 5.41) is 0. The van der Waals surface area contributed by atoms with E-state index in [0.29, 0.717) is 0 Å². The van der Waals surface area contributed by atoms with Crippen LogP contribution in [0.25, 0.3) is 0 Å². The summed E-state index contributed by atoms with van der Waals surface area (Å²) in [5.41, 5.74) is 0. The van der Waals surface area contributed by atoms with Crippen molar-refractivity contribution in [3.8, 4) is 0 Å². The maximum Gasteiger partial charge on any atom is 0.331 e. The van der Waals surface area contributed by atoms with Crippen molar-refractivity contribution < 1.29 is 8.85 Å². The van der Waals surface area contributed by atoms with Gasteiger partial charge >= 0.3 is 8.56 Å². The van der Waals surface area contributed by atoms with Crippen LogP contribution in [-0.4, -0.2) is 30.0 Å². The molecule has 0 atom stereocenters. The van der Waals surface area contributed by atoms with E-state index in [1.807, 2.05) is 0 Å². The molecule has 0 unspecified atom stereocenters. The summed E-state index contributed by atoms with van der Waals surface area (Å²) < 4.78 is 11.0. The van der Waals surface area contributed by atoms with Crippen LogP contribution in [0.1, 0.15) is 0 Å². The van der Waals surface area contributed by atoms with Crippen LogP contribution in [0, 0.1) is 0 Å². The van der Waals surface area contributed by atoms with Crippen LogP contribution in [0.3, 0.4) is 0 Å². The number of hydrogen-bond donors (Lipinski definition) is 0. The fraction of sp³-hybridized carbons (Fsp3) is 1.00. The fourth-order valence-electron chi connectivity index (χ4n) is 0.449. The van der Waals surface area contributed by atoms with Crippen molar-refractivity contribution in [2.45, 2.75) is 32.7 Å². The highest BCUT2D eigenvalue weighted by Crippen LogP contribution is 2.09. The van der Waals surface area contributed by atoms with Gasteiger partial charge < -0.3 is 8.85 Å². The van der Waals surface area contributed by atoms with Crippen LogP contribution in [0.2, 0.25) is 32.7 Å². The lowest BCUT2D eigenvalue weighted by Gasteiger charge is -2.25. The normalized spacial score (nSPS) is 13.6. The fourth-order valence-corrected chi connectivity index (χ4v) is 3.69. The maximum absolute atomic E-state index is 5.72. The molecule has 0 radical (unpaired) electrons. The largest absolute Gasteiger partial charge is 0.398 e. The minimum atomic E-state index is -1.75. The van der Waals surface area contributed by atoms with E-state index in [0.717, 1.165) is 6.23 Å². The van der Waals surface area contributed by atoms with Crippen molar-refractivity contribution in [3.05, 3.63) is 0 Å². The van der Waals surface area contributed by atoms with E-state index in [-0.39, 0.29) is 0 Å². The first kappa shape index (κ1) is 11.4. The molecule has 0 rings (SSSR count). The van der Waals surface area contributed by atoms with Gasteiger partial charge in [0.05, 0.1) is 8.07 Å². The van der Waals surface area contributed by atoms with E-state index in [2.05, 4.69) is 32.7 Å². The van der Waals surface area contributed by atoms with Gasteiger partial charge in [-0.15, -0.1) is 0 Å². The smallest absolute Gasteiger partial charge is 0.331 e. The molecule has 0 heterocycles. The van der Waals surface area contributed by atoms with Gasteiger partial charge in [0.1, 0.15) is 0 Å². The Labute approximate surface area is 72.2 Å². The van der Waals surface area contributed by atoms with Crippen molar-refractivity contribution in [1.29, 1.82) is 0 Å². The van der Waals surface area contributed by atoms with E-state index in [4.69, 9.17) is 8.85 Å². The zero-order valence-corrected chi connectivity index (χ0v) is 10.5. The highest BCUT2D eigenvalue weighted by Gasteiger charge is 2.25. The van der Waals surface area contributed by atoms with Gasteiger partial charge in [-0.25, -0.2) is 0 Å². The number of hydrogen-bond acceptors (Lipinski definition) is 2. The summed E-state index contributed by atoms with van der Waals surface area (Å²) in [6, 6.07) is 0. The van der Waals surface area contributed by atoms with E-state index in [9.17, 15) is 0 Å². The van der Waals surface area contributed by atoms with Crippen molar-refractivity contribution in [1.82, 2.24) is 0 Å². The summed E-state index contributed by atoms with van der Waals surface area (Å²) in [4.78, 5) is 0. The highest BCUT2D eigenvalue weighted by molar-refractivity contribution is 6.77. The molecule has 0 aliphatic carbocycles. The second-order valence-corrected chi connectivity index (χ2v) is 13.4. The molecule has 0 spiro atoms. The van der Waals surface area contributed by atoms with Crippen molar-refractivity contribution in [2.24, 2.45) is 0 Å². The minimum Gasteiger partial charge on any atom is -0.398 e. The quantitative estimate of drug-likeness (QED) is 0.636. The van der Waals surface area contributed by atoms with Gasteiger partial charge in [-0.3, -0.25) is 0 Å². The molecule has 0 N–H and O–H groups in total. The molecule has 0 fully saturated rings. The Morgan fingerprint density at radius 2 is 1.45 bits per heavy atom. The zero-order valence-electron chi connectivity index (χ0n) is 8.52. The van der Waals surface area contributed by atoms with Gasteiger partial charge in [0.15, 0.2) is 0 Å². The first-order valence-corrected chi connectivity index (χ1v) is 10.5. The molecule has 2 nitrogen and oxygen atoms in total. The van der Waals surface area contributed by atoms with Crippen molar-refractivity contribution in [3.63, 3.8) is 0 Å².